The molecular formula is C24H23N3O6S. The number of benzene rings is 2. The molecule has 2 aliphatic heterocycles. The van der Waals surface area contributed by atoms with Crippen molar-refractivity contribution < 1.29 is 29.0 Å². The van der Waals surface area contributed by atoms with Crippen molar-refractivity contribution in [2.75, 3.05) is 6.54 Å². The first-order valence-electron chi connectivity index (χ1n) is 10.8. The molecule has 2 saturated heterocycles. The van der Waals surface area contributed by atoms with E-state index in [2.05, 4.69) is 16.0 Å². The van der Waals surface area contributed by atoms with Crippen LogP contribution in [0.3, 0.4) is 0 Å². The predicted octanol–water partition coefficient (Wildman–Crippen LogP) is 2.67. The normalized spacial score (nSPS) is 19.6. The fraction of sp³-hybridized carbons (Fsp3) is 0.250. The molecule has 2 fully saturated rings. The van der Waals surface area contributed by atoms with Gasteiger partial charge in [-0.3, -0.25) is 19.7 Å². The Labute approximate surface area is 199 Å². The van der Waals surface area contributed by atoms with Gasteiger partial charge in [0.1, 0.15) is 17.5 Å². The quantitative estimate of drug-likeness (QED) is 0.423. The number of hydrogen-bond donors (Lipinski definition) is 4. The summed E-state index contributed by atoms with van der Waals surface area (Å²) in [4.78, 5) is 47.1. The number of carbonyl (C=O) groups excluding carboxylic acids is 3. The highest BCUT2D eigenvalue weighted by Gasteiger charge is 2.27. The summed E-state index contributed by atoms with van der Waals surface area (Å²) < 4.78 is 5.83. The van der Waals surface area contributed by atoms with Gasteiger partial charge in [-0.15, -0.1) is 0 Å². The van der Waals surface area contributed by atoms with Crippen molar-refractivity contribution in [3.63, 3.8) is 0 Å². The molecule has 0 aromatic heterocycles. The number of aliphatic carboxylic acids is 1. The molecule has 3 amide bonds. The van der Waals surface area contributed by atoms with Crippen LogP contribution in [-0.4, -0.2) is 46.8 Å². The zero-order chi connectivity index (χ0) is 24.1. The van der Waals surface area contributed by atoms with Gasteiger partial charge in [-0.2, -0.15) is 0 Å². The number of carboxylic acid groups (broad SMARTS) is 1. The molecule has 4 rings (SSSR count). The van der Waals surface area contributed by atoms with Crippen molar-refractivity contribution in [2.24, 2.45) is 0 Å². The topological polar surface area (TPSA) is 134 Å². The molecule has 0 aliphatic carbocycles. The highest BCUT2D eigenvalue weighted by molar-refractivity contribution is 8.18. The predicted molar refractivity (Wildman–Crippen MR) is 126 cm³/mol. The average Bonchev–Trinajstić information content (AvgIpc) is 3.45. The Kier molecular flexibility index (Phi) is 7.29. The van der Waals surface area contributed by atoms with Gasteiger partial charge in [0.2, 0.25) is 5.91 Å². The summed E-state index contributed by atoms with van der Waals surface area (Å²) in [6, 6.07) is 12.7. The molecule has 2 heterocycles. The lowest BCUT2D eigenvalue weighted by molar-refractivity contribution is -0.142. The van der Waals surface area contributed by atoms with E-state index >= 15 is 0 Å². The molecule has 10 heteroatoms. The number of ether oxygens (including phenoxy) is 1. The van der Waals surface area contributed by atoms with Gasteiger partial charge in [0, 0.05) is 6.42 Å². The molecule has 4 N–H and O–H groups in total. The molecule has 2 aromatic rings. The maximum absolute atomic E-state index is 12.3. The molecule has 2 unspecified atom stereocenters. The van der Waals surface area contributed by atoms with Crippen molar-refractivity contribution in [2.45, 2.75) is 31.3 Å². The number of rotatable bonds is 8. The summed E-state index contributed by atoms with van der Waals surface area (Å²) in [5, 5.41) is 17.0. The van der Waals surface area contributed by atoms with Gasteiger partial charge in [0.15, 0.2) is 0 Å². The summed E-state index contributed by atoms with van der Waals surface area (Å²) in [5.41, 5.74) is 1.51. The second-order valence-corrected chi connectivity index (χ2v) is 8.93. The average molecular weight is 482 g/mol. The van der Waals surface area contributed by atoms with Gasteiger partial charge in [-0.25, -0.2) is 4.79 Å². The molecule has 0 spiro atoms. The molecule has 0 saturated carbocycles. The van der Waals surface area contributed by atoms with Crippen LogP contribution in [0.15, 0.2) is 53.4 Å². The summed E-state index contributed by atoms with van der Waals surface area (Å²) in [7, 11) is 0. The first-order chi connectivity index (χ1) is 16.4. The van der Waals surface area contributed by atoms with Gasteiger partial charge in [0.25, 0.3) is 11.1 Å². The minimum atomic E-state index is -1.08. The number of carboxylic acids is 1. The molecule has 2 aliphatic rings. The largest absolute Gasteiger partial charge is 0.480 e. The third-order valence-electron chi connectivity index (χ3n) is 5.41. The van der Waals surface area contributed by atoms with Crippen molar-refractivity contribution >= 4 is 40.9 Å². The number of amides is 3. The molecule has 9 nitrogen and oxygen atoms in total. The van der Waals surface area contributed by atoms with E-state index < -0.39 is 17.9 Å². The summed E-state index contributed by atoms with van der Waals surface area (Å²) >= 11 is 0.859. The molecular weight excluding hydrogens is 458 g/mol. The number of carbonyl (C=O) groups is 4. The van der Waals surface area contributed by atoms with Gasteiger partial charge < -0.3 is 20.5 Å². The lowest BCUT2D eigenvalue weighted by Gasteiger charge is -2.18. The van der Waals surface area contributed by atoms with Crippen LogP contribution < -0.4 is 20.7 Å². The van der Waals surface area contributed by atoms with Crippen LogP contribution in [0.25, 0.3) is 6.08 Å². The zero-order valence-electron chi connectivity index (χ0n) is 18.1. The lowest BCUT2D eigenvalue weighted by atomic mass is 10.1. The highest BCUT2D eigenvalue weighted by atomic mass is 32.2. The molecule has 34 heavy (non-hydrogen) atoms. The Hall–Kier alpha value is -3.63. The van der Waals surface area contributed by atoms with Crippen LogP contribution in [0, 0.1) is 0 Å². The van der Waals surface area contributed by atoms with Crippen molar-refractivity contribution in [3.8, 4) is 11.5 Å². The minimum absolute atomic E-state index is 0.158. The number of hydrogen-bond acceptors (Lipinski definition) is 7. The standard InChI is InChI=1S/C24H23N3O6S/c28-21(18-2-1-11-25-18)26-19(23(30)31)12-14-3-7-16(8-4-14)33-17-9-5-15(6-10-17)13-20-22(29)27-24(32)34-20/h3-10,13,18-19,25H,1-2,11-12H2,(H,26,28)(H,30,31)(H,27,29,32)/b20-13+. The first-order valence-corrected chi connectivity index (χ1v) is 11.6. The first kappa shape index (κ1) is 23.5. The number of thioether (sulfide) groups is 1. The smallest absolute Gasteiger partial charge is 0.326 e. The Balaban J connectivity index is 1.34. The number of imide groups is 1. The SMILES string of the molecule is O=C1NC(=O)/C(=C\c2ccc(Oc3ccc(CC(NC(=O)C4CCCN4)C(=O)O)cc3)cc2)S1. The Morgan fingerprint density at radius 3 is 2.35 bits per heavy atom. The second kappa shape index (κ2) is 10.5. The third kappa shape index (κ3) is 6.03. The molecule has 0 bridgehead atoms. The summed E-state index contributed by atoms with van der Waals surface area (Å²) in [5.74, 6) is -0.635. The van der Waals surface area contributed by atoms with E-state index in [0.29, 0.717) is 22.8 Å². The fourth-order valence-corrected chi connectivity index (χ4v) is 4.33. The second-order valence-electron chi connectivity index (χ2n) is 7.92. The minimum Gasteiger partial charge on any atom is -0.480 e. The van der Waals surface area contributed by atoms with Crippen LogP contribution in [0.1, 0.15) is 24.0 Å². The van der Waals surface area contributed by atoms with E-state index in [1.54, 1.807) is 54.6 Å². The van der Waals surface area contributed by atoms with Gasteiger partial charge in [0.05, 0.1) is 10.9 Å². The van der Waals surface area contributed by atoms with E-state index in [1.165, 1.54) is 0 Å². The van der Waals surface area contributed by atoms with E-state index in [0.717, 1.165) is 35.9 Å². The monoisotopic (exact) mass is 481 g/mol. The van der Waals surface area contributed by atoms with Gasteiger partial charge in [-0.1, -0.05) is 24.3 Å². The summed E-state index contributed by atoms with van der Waals surface area (Å²) in [6.45, 7) is 0.759. The van der Waals surface area contributed by atoms with Crippen LogP contribution in [-0.2, 0) is 20.8 Å². The maximum atomic E-state index is 12.3. The van der Waals surface area contributed by atoms with E-state index in [-0.39, 0.29) is 23.6 Å². The lowest BCUT2D eigenvalue weighted by Crippen LogP contribution is -2.49. The van der Waals surface area contributed by atoms with Crippen molar-refractivity contribution in [1.82, 2.24) is 16.0 Å². The van der Waals surface area contributed by atoms with Crippen LogP contribution >= 0.6 is 11.8 Å². The number of nitrogens with one attached hydrogen (secondary N) is 3. The van der Waals surface area contributed by atoms with Crippen LogP contribution in [0.4, 0.5) is 4.79 Å². The molecule has 2 atom stereocenters. The van der Waals surface area contributed by atoms with Crippen LogP contribution in [0.2, 0.25) is 0 Å². The van der Waals surface area contributed by atoms with Gasteiger partial charge in [-0.05, 0) is 72.6 Å². The highest BCUT2D eigenvalue weighted by Crippen LogP contribution is 2.27. The van der Waals surface area contributed by atoms with E-state index in [1.807, 2.05) is 0 Å². The Morgan fingerprint density at radius 1 is 1.12 bits per heavy atom. The van der Waals surface area contributed by atoms with E-state index in [4.69, 9.17) is 4.74 Å². The molecule has 176 valence electrons. The third-order valence-corrected chi connectivity index (χ3v) is 6.22. The van der Waals surface area contributed by atoms with E-state index in [9.17, 15) is 24.3 Å². The fourth-order valence-electron chi connectivity index (χ4n) is 3.65. The molecule has 0 radical (unpaired) electrons. The maximum Gasteiger partial charge on any atom is 0.326 e. The summed E-state index contributed by atoms with van der Waals surface area (Å²) in [6.07, 6.45) is 3.39. The van der Waals surface area contributed by atoms with Crippen LogP contribution in [0.5, 0.6) is 11.5 Å². The van der Waals surface area contributed by atoms with Crippen molar-refractivity contribution in [1.29, 1.82) is 0 Å². The molecule has 2 aromatic carbocycles. The Bertz CT molecular complexity index is 1120. The Morgan fingerprint density at radius 2 is 1.79 bits per heavy atom. The zero-order valence-corrected chi connectivity index (χ0v) is 18.9. The van der Waals surface area contributed by atoms with Crippen molar-refractivity contribution in [3.05, 3.63) is 64.6 Å². The van der Waals surface area contributed by atoms with Gasteiger partial charge >= 0.3 is 5.97 Å².